The van der Waals surface area contributed by atoms with E-state index in [1.54, 1.807) is 18.2 Å². The molecule has 1 aromatic heterocycles. The van der Waals surface area contributed by atoms with Crippen LogP contribution in [0.4, 0.5) is 11.4 Å². The van der Waals surface area contributed by atoms with Crippen molar-refractivity contribution in [3.05, 3.63) is 50.7 Å². The summed E-state index contributed by atoms with van der Waals surface area (Å²) in [6.45, 7) is 1.87. The quantitative estimate of drug-likeness (QED) is 0.774. The van der Waals surface area contributed by atoms with Crippen LogP contribution >= 0.6 is 31.9 Å². The van der Waals surface area contributed by atoms with Gasteiger partial charge in [0.05, 0.1) is 16.9 Å². The number of hydrogen-bond acceptors (Lipinski definition) is 3. The first-order valence-corrected chi connectivity index (χ1v) is 7.04. The summed E-state index contributed by atoms with van der Waals surface area (Å²) in [5.41, 5.74) is 8.26. The predicted octanol–water partition coefficient (Wildman–Crippen LogP) is 3.75. The summed E-state index contributed by atoms with van der Waals surface area (Å²) in [5, 5.41) is 2.77. The molecular weight excluding hydrogens is 374 g/mol. The molecule has 0 aliphatic heterocycles. The average Bonchev–Trinajstić information content (AvgIpc) is 2.34. The molecule has 0 atom stereocenters. The van der Waals surface area contributed by atoms with Crippen LogP contribution < -0.4 is 11.1 Å². The van der Waals surface area contributed by atoms with Crippen LogP contribution in [-0.4, -0.2) is 10.9 Å². The lowest BCUT2D eigenvalue weighted by atomic mass is 10.2. The maximum Gasteiger partial charge on any atom is 0.257 e. The number of nitrogens with zero attached hydrogens (tertiary/aromatic N) is 1. The maximum atomic E-state index is 12.1. The largest absolute Gasteiger partial charge is 0.397 e. The van der Waals surface area contributed by atoms with E-state index in [-0.39, 0.29) is 5.91 Å². The van der Waals surface area contributed by atoms with Gasteiger partial charge >= 0.3 is 0 Å². The van der Waals surface area contributed by atoms with Crippen LogP contribution in [0.25, 0.3) is 0 Å². The smallest absolute Gasteiger partial charge is 0.257 e. The number of anilines is 2. The number of hydrogen-bond donors (Lipinski definition) is 2. The molecule has 0 bridgehead atoms. The summed E-state index contributed by atoms with van der Waals surface area (Å²) >= 11 is 6.70. The standard InChI is InChI=1S/C13H11Br2N3O/c1-7-2-3-8(6-17-7)13(19)18-12-10(15)4-9(14)5-11(12)16/h2-6H,16H2,1H3,(H,18,19). The fourth-order valence-corrected chi connectivity index (χ4v) is 2.87. The Balaban J connectivity index is 2.26. The van der Waals surface area contributed by atoms with Gasteiger partial charge in [-0.05, 0) is 47.1 Å². The minimum atomic E-state index is -0.248. The number of amides is 1. The Kier molecular flexibility index (Phi) is 4.21. The van der Waals surface area contributed by atoms with Crippen molar-refractivity contribution in [1.82, 2.24) is 4.98 Å². The van der Waals surface area contributed by atoms with Crippen LogP contribution in [0.5, 0.6) is 0 Å². The Morgan fingerprint density at radius 1 is 1.32 bits per heavy atom. The van der Waals surface area contributed by atoms with E-state index in [0.29, 0.717) is 21.4 Å². The number of aryl methyl sites for hydroxylation is 1. The third-order valence-electron chi connectivity index (χ3n) is 2.50. The molecule has 2 rings (SSSR count). The number of nitrogens with two attached hydrogens (primary N) is 1. The molecule has 6 heteroatoms. The van der Waals surface area contributed by atoms with Crippen molar-refractivity contribution >= 4 is 49.1 Å². The topological polar surface area (TPSA) is 68.0 Å². The number of carbonyl (C=O) groups excluding carboxylic acids is 1. The summed E-state index contributed by atoms with van der Waals surface area (Å²) in [6.07, 6.45) is 1.54. The van der Waals surface area contributed by atoms with Gasteiger partial charge in [0, 0.05) is 20.8 Å². The number of nitrogens with one attached hydrogen (secondary N) is 1. The molecule has 1 aromatic carbocycles. The Morgan fingerprint density at radius 3 is 2.63 bits per heavy atom. The number of carbonyl (C=O) groups is 1. The molecule has 98 valence electrons. The number of halogens is 2. The second kappa shape index (κ2) is 5.71. The van der Waals surface area contributed by atoms with Crippen LogP contribution in [0.3, 0.4) is 0 Å². The van der Waals surface area contributed by atoms with Gasteiger partial charge in [0.1, 0.15) is 0 Å². The molecule has 0 aliphatic rings. The molecule has 0 unspecified atom stereocenters. The van der Waals surface area contributed by atoms with Gasteiger partial charge in [0.2, 0.25) is 0 Å². The van der Waals surface area contributed by atoms with E-state index in [9.17, 15) is 4.79 Å². The van der Waals surface area contributed by atoms with E-state index in [0.717, 1.165) is 10.2 Å². The molecule has 4 nitrogen and oxygen atoms in total. The first-order valence-electron chi connectivity index (χ1n) is 5.46. The highest BCUT2D eigenvalue weighted by Gasteiger charge is 2.12. The molecule has 1 heterocycles. The maximum absolute atomic E-state index is 12.1. The Labute approximate surface area is 127 Å². The van der Waals surface area contributed by atoms with Gasteiger partial charge in [0.25, 0.3) is 5.91 Å². The van der Waals surface area contributed by atoms with Crippen molar-refractivity contribution in [1.29, 1.82) is 0 Å². The van der Waals surface area contributed by atoms with E-state index in [1.165, 1.54) is 6.20 Å². The Morgan fingerprint density at radius 2 is 2.05 bits per heavy atom. The lowest BCUT2D eigenvalue weighted by Crippen LogP contribution is -2.14. The summed E-state index contributed by atoms with van der Waals surface area (Å²) in [5.74, 6) is -0.248. The number of aromatic nitrogens is 1. The fourth-order valence-electron chi connectivity index (χ4n) is 1.51. The van der Waals surface area contributed by atoms with Crippen molar-refractivity contribution in [3.63, 3.8) is 0 Å². The molecule has 0 spiro atoms. The van der Waals surface area contributed by atoms with Crippen LogP contribution in [0.1, 0.15) is 16.1 Å². The van der Waals surface area contributed by atoms with Crippen molar-refractivity contribution in [2.75, 3.05) is 11.1 Å². The van der Waals surface area contributed by atoms with Gasteiger partial charge in [-0.25, -0.2) is 0 Å². The number of rotatable bonds is 2. The van der Waals surface area contributed by atoms with E-state index >= 15 is 0 Å². The summed E-state index contributed by atoms with van der Waals surface area (Å²) in [4.78, 5) is 16.2. The third-order valence-corrected chi connectivity index (χ3v) is 3.58. The lowest BCUT2D eigenvalue weighted by Gasteiger charge is -2.11. The summed E-state index contributed by atoms with van der Waals surface area (Å²) in [7, 11) is 0. The summed E-state index contributed by atoms with van der Waals surface area (Å²) in [6, 6.07) is 7.06. The highest BCUT2D eigenvalue weighted by atomic mass is 79.9. The molecule has 0 aliphatic carbocycles. The number of nitrogen functional groups attached to an aromatic ring is 1. The zero-order chi connectivity index (χ0) is 14.0. The minimum Gasteiger partial charge on any atom is -0.397 e. The summed E-state index contributed by atoms with van der Waals surface area (Å²) < 4.78 is 1.56. The second-order valence-electron chi connectivity index (χ2n) is 3.99. The predicted molar refractivity (Wildman–Crippen MR) is 83.2 cm³/mol. The lowest BCUT2D eigenvalue weighted by molar-refractivity contribution is 0.102. The van der Waals surface area contributed by atoms with E-state index in [4.69, 9.17) is 5.73 Å². The van der Waals surface area contributed by atoms with E-state index in [2.05, 4.69) is 42.2 Å². The second-order valence-corrected chi connectivity index (χ2v) is 5.76. The van der Waals surface area contributed by atoms with Gasteiger partial charge in [-0.3, -0.25) is 9.78 Å². The highest BCUT2D eigenvalue weighted by molar-refractivity contribution is 9.11. The van der Waals surface area contributed by atoms with Crippen molar-refractivity contribution < 1.29 is 4.79 Å². The molecule has 0 saturated heterocycles. The van der Waals surface area contributed by atoms with Crippen molar-refractivity contribution in [3.8, 4) is 0 Å². The molecule has 1 amide bonds. The third kappa shape index (κ3) is 3.33. The first kappa shape index (κ1) is 14.0. The van der Waals surface area contributed by atoms with Gasteiger partial charge in [-0.1, -0.05) is 15.9 Å². The van der Waals surface area contributed by atoms with Crippen LogP contribution in [-0.2, 0) is 0 Å². The van der Waals surface area contributed by atoms with Crippen LogP contribution in [0, 0.1) is 6.92 Å². The molecule has 0 radical (unpaired) electrons. The van der Waals surface area contributed by atoms with E-state index in [1.807, 2.05) is 13.0 Å². The Hall–Kier alpha value is -1.40. The normalized spacial score (nSPS) is 10.3. The molecular formula is C13H11Br2N3O. The van der Waals surface area contributed by atoms with Crippen molar-refractivity contribution in [2.45, 2.75) is 6.92 Å². The van der Waals surface area contributed by atoms with Crippen molar-refractivity contribution in [2.24, 2.45) is 0 Å². The number of benzene rings is 1. The van der Waals surface area contributed by atoms with Gasteiger partial charge < -0.3 is 11.1 Å². The molecule has 19 heavy (non-hydrogen) atoms. The zero-order valence-electron chi connectivity index (χ0n) is 10.1. The van der Waals surface area contributed by atoms with Crippen LogP contribution in [0.15, 0.2) is 39.4 Å². The molecule has 0 saturated carbocycles. The van der Waals surface area contributed by atoms with Crippen LogP contribution in [0.2, 0.25) is 0 Å². The molecule has 3 N–H and O–H groups in total. The Bertz CT molecular complexity index is 603. The molecule has 0 fully saturated rings. The van der Waals surface area contributed by atoms with E-state index < -0.39 is 0 Å². The highest BCUT2D eigenvalue weighted by Crippen LogP contribution is 2.32. The fraction of sp³-hybridized carbons (Fsp3) is 0.0769. The molecule has 2 aromatic rings. The first-order chi connectivity index (χ1) is 8.97. The zero-order valence-corrected chi connectivity index (χ0v) is 13.2. The van der Waals surface area contributed by atoms with Gasteiger partial charge in [0.15, 0.2) is 0 Å². The van der Waals surface area contributed by atoms with Gasteiger partial charge in [-0.15, -0.1) is 0 Å². The SMILES string of the molecule is Cc1ccc(C(=O)Nc2c(N)cc(Br)cc2Br)cn1. The van der Waals surface area contributed by atoms with Gasteiger partial charge in [-0.2, -0.15) is 0 Å². The average molecular weight is 385 g/mol. The number of pyridine rings is 1. The monoisotopic (exact) mass is 383 g/mol. The minimum absolute atomic E-state index is 0.248.